The van der Waals surface area contributed by atoms with Gasteiger partial charge in [-0.1, -0.05) is 18.2 Å². The van der Waals surface area contributed by atoms with E-state index in [1.807, 2.05) is 66.9 Å². The first-order chi connectivity index (χ1) is 16.2. The standard InChI is InChI=1S/C25H25N3O4S/c1-2-26-20-7-3-4-8-21(20)27(25(26)30)12-11-24(29)28(17-19-6-5-15-33-19)18-9-10-22-23(16-18)32-14-13-31-22/h3-10,15-16H,2,11-14,17H2,1H3. The molecule has 1 aliphatic rings. The topological polar surface area (TPSA) is 65.7 Å². The summed E-state index contributed by atoms with van der Waals surface area (Å²) in [4.78, 5) is 29.3. The van der Waals surface area contributed by atoms with Crippen LogP contribution in [0.25, 0.3) is 11.0 Å². The number of benzene rings is 2. The molecule has 4 aromatic rings. The van der Waals surface area contributed by atoms with Crippen LogP contribution < -0.4 is 20.1 Å². The van der Waals surface area contributed by atoms with Gasteiger partial charge in [0.15, 0.2) is 11.5 Å². The van der Waals surface area contributed by atoms with Crippen molar-refractivity contribution in [2.24, 2.45) is 0 Å². The molecular weight excluding hydrogens is 438 g/mol. The van der Waals surface area contributed by atoms with Gasteiger partial charge < -0.3 is 14.4 Å². The van der Waals surface area contributed by atoms with Crippen LogP contribution in [-0.4, -0.2) is 28.3 Å². The van der Waals surface area contributed by atoms with Crippen LogP contribution in [0.1, 0.15) is 18.2 Å². The van der Waals surface area contributed by atoms with E-state index in [-0.39, 0.29) is 18.0 Å². The minimum atomic E-state index is -0.0874. The molecule has 0 N–H and O–H groups in total. The Balaban J connectivity index is 1.43. The number of carbonyl (C=O) groups is 1. The molecule has 1 amide bonds. The predicted molar refractivity (Wildman–Crippen MR) is 129 cm³/mol. The molecule has 0 fully saturated rings. The highest BCUT2D eigenvalue weighted by Crippen LogP contribution is 2.35. The fourth-order valence-corrected chi connectivity index (χ4v) is 4.91. The molecule has 0 bridgehead atoms. The summed E-state index contributed by atoms with van der Waals surface area (Å²) in [7, 11) is 0. The predicted octanol–water partition coefficient (Wildman–Crippen LogP) is 4.28. The zero-order valence-corrected chi connectivity index (χ0v) is 19.2. The van der Waals surface area contributed by atoms with E-state index in [4.69, 9.17) is 9.47 Å². The highest BCUT2D eigenvalue weighted by Gasteiger charge is 2.21. The Bertz CT molecular complexity index is 1340. The highest BCUT2D eigenvalue weighted by molar-refractivity contribution is 7.09. The number of imidazole rings is 1. The van der Waals surface area contributed by atoms with E-state index < -0.39 is 0 Å². The van der Waals surface area contributed by atoms with Crippen LogP contribution in [0.5, 0.6) is 11.5 Å². The molecular formula is C25H25N3O4S. The monoisotopic (exact) mass is 463 g/mol. The first-order valence-corrected chi connectivity index (χ1v) is 11.9. The number of amides is 1. The third-order valence-corrected chi connectivity index (χ3v) is 6.68. The van der Waals surface area contributed by atoms with Crippen molar-refractivity contribution in [1.82, 2.24) is 9.13 Å². The van der Waals surface area contributed by atoms with Gasteiger partial charge in [-0.2, -0.15) is 0 Å². The molecule has 0 unspecified atom stereocenters. The molecule has 0 radical (unpaired) electrons. The van der Waals surface area contributed by atoms with E-state index in [0.29, 0.717) is 44.3 Å². The fourth-order valence-electron chi connectivity index (χ4n) is 4.22. The molecule has 0 saturated carbocycles. The zero-order chi connectivity index (χ0) is 22.8. The molecule has 0 spiro atoms. The van der Waals surface area contributed by atoms with Crippen LogP contribution in [0, 0.1) is 0 Å². The number of thiophene rings is 1. The molecule has 8 heteroatoms. The number of carbonyl (C=O) groups excluding carboxylic acids is 1. The van der Waals surface area contributed by atoms with Crippen molar-refractivity contribution in [3.8, 4) is 11.5 Å². The molecule has 7 nitrogen and oxygen atoms in total. The molecule has 0 atom stereocenters. The molecule has 170 valence electrons. The normalized spacial score (nSPS) is 12.8. The third-order valence-electron chi connectivity index (χ3n) is 5.82. The fraction of sp³-hybridized carbons (Fsp3) is 0.280. The number of rotatable bonds is 7. The molecule has 5 rings (SSSR count). The number of nitrogens with zero attached hydrogens (tertiary/aromatic N) is 3. The van der Waals surface area contributed by atoms with Crippen LogP contribution in [0.2, 0.25) is 0 Å². The SMILES string of the molecule is CCn1c(=O)n(CCC(=O)N(Cc2cccs2)c2ccc3c(c2)OCCO3)c2ccccc21. The molecule has 0 saturated heterocycles. The van der Waals surface area contributed by atoms with Gasteiger partial charge >= 0.3 is 5.69 Å². The van der Waals surface area contributed by atoms with Gasteiger partial charge in [0.05, 0.1) is 17.6 Å². The van der Waals surface area contributed by atoms with E-state index in [1.165, 1.54) is 0 Å². The summed E-state index contributed by atoms with van der Waals surface area (Å²) in [6, 6.07) is 17.3. The van der Waals surface area contributed by atoms with Crippen molar-refractivity contribution >= 4 is 34.0 Å². The van der Waals surface area contributed by atoms with E-state index in [2.05, 4.69) is 0 Å². The molecule has 2 aromatic heterocycles. The summed E-state index contributed by atoms with van der Waals surface area (Å²) < 4.78 is 14.8. The molecule has 1 aliphatic heterocycles. The van der Waals surface area contributed by atoms with Crippen molar-refractivity contribution in [2.75, 3.05) is 18.1 Å². The Hall–Kier alpha value is -3.52. The maximum absolute atomic E-state index is 13.5. The number of hydrogen-bond donors (Lipinski definition) is 0. The van der Waals surface area contributed by atoms with Crippen molar-refractivity contribution in [3.63, 3.8) is 0 Å². The molecule has 0 aliphatic carbocycles. The van der Waals surface area contributed by atoms with Gasteiger partial charge in [0.1, 0.15) is 13.2 Å². The Labute approximate surface area is 195 Å². The lowest BCUT2D eigenvalue weighted by Gasteiger charge is -2.25. The number of aryl methyl sites for hydroxylation is 2. The summed E-state index contributed by atoms with van der Waals surface area (Å²) in [5, 5.41) is 2.00. The van der Waals surface area contributed by atoms with E-state index in [9.17, 15) is 9.59 Å². The number of ether oxygens (including phenoxy) is 2. The van der Waals surface area contributed by atoms with E-state index >= 15 is 0 Å². The summed E-state index contributed by atoms with van der Waals surface area (Å²) >= 11 is 1.61. The van der Waals surface area contributed by atoms with Gasteiger partial charge in [0.25, 0.3) is 0 Å². The van der Waals surface area contributed by atoms with Crippen LogP contribution in [0.3, 0.4) is 0 Å². The van der Waals surface area contributed by atoms with Gasteiger partial charge in [-0.05, 0) is 42.6 Å². The summed E-state index contributed by atoms with van der Waals surface area (Å²) in [5.74, 6) is 1.28. The van der Waals surface area contributed by atoms with Gasteiger partial charge in [0.2, 0.25) is 5.91 Å². The van der Waals surface area contributed by atoms with Gasteiger partial charge in [-0.15, -0.1) is 11.3 Å². The quantitative estimate of drug-likeness (QED) is 0.410. The van der Waals surface area contributed by atoms with Crippen molar-refractivity contribution in [3.05, 3.63) is 75.3 Å². The highest BCUT2D eigenvalue weighted by atomic mass is 32.1. The van der Waals surface area contributed by atoms with Gasteiger partial charge in [-0.25, -0.2) is 4.79 Å². The average Bonchev–Trinajstić information content (AvgIpc) is 3.46. The first-order valence-electron chi connectivity index (χ1n) is 11.1. The summed E-state index contributed by atoms with van der Waals surface area (Å²) in [6.07, 6.45) is 0.206. The number of hydrogen-bond acceptors (Lipinski definition) is 5. The molecule has 2 aromatic carbocycles. The lowest BCUT2D eigenvalue weighted by Crippen LogP contribution is -2.32. The Morgan fingerprint density at radius 1 is 1.00 bits per heavy atom. The smallest absolute Gasteiger partial charge is 0.329 e. The maximum Gasteiger partial charge on any atom is 0.329 e. The number of anilines is 1. The summed E-state index contributed by atoms with van der Waals surface area (Å²) in [6.45, 7) is 4.32. The van der Waals surface area contributed by atoms with Crippen molar-refractivity contribution < 1.29 is 14.3 Å². The second-order valence-corrected chi connectivity index (χ2v) is 8.84. The van der Waals surface area contributed by atoms with Crippen LogP contribution >= 0.6 is 11.3 Å². The minimum Gasteiger partial charge on any atom is -0.486 e. The van der Waals surface area contributed by atoms with Crippen molar-refractivity contribution in [2.45, 2.75) is 33.0 Å². The van der Waals surface area contributed by atoms with Crippen molar-refractivity contribution in [1.29, 1.82) is 0 Å². The Morgan fingerprint density at radius 3 is 2.48 bits per heavy atom. The lowest BCUT2D eigenvalue weighted by atomic mass is 10.2. The third kappa shape index (κ3) is 4.14. The zero-order valence-electron chi connectivity index (χ0n) is 18.4. The second-order valence-electron chi connectivity index (χ2n) is 7.80. The number of aromatic nitrogens is 2. The Morgan fingerprint density at radius 2 is 1.76 bits per heavy atom. The van der Waals surface area contributed by atoms with Crippen LogP contribution in [-0.2, 0) is 24.4 Å². The molecule has 3 heterocycles. The Kier molecular flexibility index (Phi) is 5.92. The van der Waals surface area contributed by atoms with Crippen LogP contribution in [0.15, 0.2) is 64.8 Å². The van der Waals surface area contributed by atoms with E-state index in [1.54, 1.807) is 25.4 Å². The largest absolute Gasteiger partial charge is 0.486 e. The van der Waals surface area contributed by atoms with Gasteiger partial charge in [0, 0.05) is 36.1 Å². The lowest BCUT2D eigenvalue weighted by molar-refractivity contribution is -0.119. The average molecular weight is 464 g/mol. The maximum atomic E-state index is 13.5. The van der Waals surface area contributed by atoms with Crippen LogP contribution in [0.4, 0.5) is 5.69 Å². The summed E-state index contributed by atoms with van der Waals surface area (Å²) in [5.41, 5.74) is 2.40. The molecule has 33 heavy (non-hydrogen) atoms. The van der Waals surface area contributed by atoms with Gasteiger partial charge in [-0.3, -0.25) is 13.9 Å². The van der Waals surface area contributed by atoms with E-state index in [0.717, 1.165) is 21.6 Å². The second kappa shape index (κ2) is 9.15. The number of para-hydroxylation sites is 2. The minimum absolute atomic E-state index is 0.0553. The number of fused-ring (bicyclic) bond motifs is 2. The first kappa shape index (κ1) is 21.3.